The smallest absolute Gasteiger partial charge is 0.338 e. The molecule has 1 aliphatic rings. The number of esters is 1. The van der Waals surface area contributed by atoms with Gasteiger partial charge >= 0.3 is 5.97 Å². The molecule has 26 heavy (non-hydrogen) atoms. The van der Waals surface area contributed by atoms with Crippen LogP contribution in [0.1, 0.15) is 43.5 Å². The number of primary amides is 1. The average Bonchev–Trinajstić information content (AvgIpc) is 2.62. The number of rotatable bonds is 7. The Morgan fingerprint density at radius 2 is 1.81 bits per heavy atom. The first-order valence-corrected chi connectivity index (χ1v) is 8.84. The summed E-state index contributed by atoms with van der Waals surface area (Å²) in [4.78, 5) is 34.7. The van der Waals surface area contributed by atoms with E-state index in [1.54, 1.807) is 0 Å². The van der Waals surface area contributed by atoms with Crippen molar-refractivity contribution in [2.24, 2.45) is 17.6 Å². The fourth-order valence-electron chi connectivity index (χ4n) is 3.09. The molecular weight excluding hydrogens is 336 g/mol. The van der Waals surface area contributed by atoms with Crippen molar-refractivity contribution in [3.05, 3.63) is 29.8 Å². The van der Waals surface area contributed by atoms with Gasteiger partial charge < -0.3 is 20.5 Å². The predicted octanol–water partition coefficient (Wildman–Crippen LogP) is 1.65. The van der Waals surface area contributed by atoms with Crippen molar-refractivity contribution in [3.63, 3.8) is 0 Å². The highest BCUT2D eigenvalue weighted by molar-refractivity contribution is 5.91. The minimum absolute atomic E-state index is 0.131. The minimum atomic E-state index is -0.591. The topological polar surface area (TPSA) is 108 Å². The molecular formula is C19H26N2O5. The summed E-state index contributed by atoms with van der Waals surface area (Å²) < 4.78 is 10.2. The molecule has 0 aromatic heterocycles. The lowest BCUT2D eigenvalue weighted by atomic mass is 9.78. The monoisotopic (exact) mass is 362 g/mol. The van der Waals surface area contributed by atoms with Crippen LogP contribution in [0.2, 0.25) is 0 Å². The van der Waals surface area contributed by atoms with Gasteiger partial charge in [0.1, 0.15) is 5.75 Å². The van der Waals surface area contributed by atoms with Crippen LogP contribution in [-0.2, 0) is 14.3 Å². The molecule has 2 rings (SSSR count). The average molecular weight is 362 g/mol. The summed E-state index contributed by atoms with van der Waals surface area (Å²) in [6, 6.07) is 6.20. The van der Waals surface area contributed by atoms with Crippen LogP contribution in [0.15, 0.2) is 24.3 Å². The molecule has 142 valence electrons. The molecule has 1 saturated carbocycles. The number of amides is 2. The molecule has 7 nitrogen and oxygen atoms in total. The molecule has 0 bridgehead atoms. The van der Waals surface area contributed by atoms with Gasteiger partial charge in [-0.1, -0.05) is 26.7 Å². The number of nitrogens with two attached hydrogens (primary N) is 1. The second-order valence-corrected chi connectivity index (χ2v) is 6.80. The van der Waals surface area contributed by atoms with Gasteiger partial charge in [0, 0.05) is 6.04 Å². The maximum atomic E-state index is 12.1. The molecule has 1 aromatic carbocycles. The van der Waals surface area contributed by atoms with Gasteiger partial charge in [0.25, 0.3) is 11.8 Å². The van der Waals surface area contributed by atoms with Gasteiger partial charge in [0.05, 0.1) is 5.56 Å². The second kappa shape index (κ2) is 9.22. The molecule has 7 heteroatoms. The Morgan fingerprint density at radius 3 is 2.46 bits per heavy atom. The number of hydrogen-bond donors (Lipinski definition) is 2. The van der Waals surface area contributed by atoms with Crippen LogP contribution >= 0.6 is 0 Å². The molecule has 0 spiro atoms. The van der Waals surface area contributed by atoms with Crippen molar-refractivity contribution >= 4 is 17.8 Å². The molecule has 0 radical (unpaired) electrons. The Hall–Kier alpha value is -2.57. The van der Waals surface area contributed by atoms with Crippen LogP contribution in [0, 0.1) is 11.8 Å². The molecule has 1 aliphatic carbocycles. The normalized spacial score (nSPS) is 22.3. The third-order valence-electron chi connectivity index (χ3n) is 4.86. The quantitative estimate of drug-likeness (QED) is 0.717. The highest BCUT2D eigenvalue weighted by Gasteiger charge is 2.28. The number of benzene rings is 1. The van der Waals surface area contributed by atoms with E-state index in [9.17, 15) is 14.4 Å². The van der Waals surface area contributed by atoms with Crippen molar-refractivity contribution in [3.8, 4) is 5.75 Å². The fourth-order valence-corrected chi connectivity index (χ4v) is 3.09. The van der Waals surface area contributed by atoms with Crippen LogP contribution in [0.4, 0.5) is 0 Å². The fraction of sp³-hybridized carbons (Fsp3) is 0.526. The van der Waals surface area contributed by atoms with E-state index in [0.717, 1.165) is 12.8 Å². The van der Waals surface area contributed by atoms with Gasteiger partial charge in [-0.25, -0.2) is 4.79 Å². The predicted molar refractivity (Wildman–Crippen MR) is 95.5 cm³/mol. The zero-order chi connectivity index (χ0) is 19.1. The van der Waals surface area contributed by atoms with Gasteiger partial charge in [-0.05, 0) is 42.5 Å². The van der Waals surface area contributed by atoms with Crippen LogP contribution in [-0.4, -0.2) is 37.0 Å². The summed E-state index contributed by atoms with van der Waals surface area (Å²) in [5, 5.41) is 2.96. The Morgan fingerprint density at radius 1 is 1.12 bits per heavy atom. The summed E-state index contributed by atoms with van der Waals surface area (Å²) in [5.41, 5.74) is 5.29. The van der Waals surface area contributed by atoms with Crippen LogP contribution < -0.4 is 15.8 Å². The Kier molecular flexibility index (Phi) is 7.00. The molecule has 0 saturated heterocycles. The summed E-state index contributed by atoms with van der Waals surface area (Å²) in [6.07, 6.45) is 3.24. The molecule has 3 N–H and O–H groups in total. The van der Waals surface area contributed by atoms with Crippen molar-refractivity contribution in [1.82, 2.24) is 5.32 Å². The maximum absolute atomic E-state index is 12.1. The largest absolute Gasteiger partial charge is 0.484 e. The van der Waals surface area contributed by atoms with Gasteiger partial charge in [0.2, 0.25) is 0 Å². The Labute approximate surface area is 153 Å². The van der Waals surface area contributed by atoms with E-state index in [1.165, 1.54) is 30.7 Å². The third kappa shape index (κ3) is 5.75. The maximum Gasteiger partial charge on any atom is 0.338 e. The Balaban J connectivity index is 1.78. The number of carbonyl (C=O) groups excluding carboxylic acids is 3. The minimum Gasteiger partial charge on any atom is -0.484 e. The van der Waals surface area contributed by atoms with Crippen LogP contribution in [0.5, 0.6) is 5.75 Å². The number of carbonyl (C=O) groups is 3. The van der Waals surface area contributed by atoms with Crippen LogP contribution in [0.3, 0.4) is 0 Å². The Bertz CT molecular complexity index is 644. The standard InChI is InChI=1S/C19H26N2O5/c1-12-4-3-5-16(13(12)2)21-18(23)11-26-19(24)14-6-8-15(9-7-14)25-10-17(20)22/h6-9,12-13,16H,3-5,10-11H2,1-2H3,(H2,20,22)(H,21,23)/t12-,13+,16+/m1/s1. The highest BCUT2D eigenvalue weighted by Crippen LogP contribution is 2.29. The van der Waals surface area contributed by atoms with Crippen LogP contribution in [0.25, 0.3) is 0 Å². The molecule has 0 heterocycles. The first-order chi connectivity index (χ1) is 12.4. The van der Waals surface area contributed by atoms with Crippen molar-refractivity contribution in [2.75, 3.05) is 13.2 Å². The van der Waals surface area contributed by atoms with E-state index < -0.39 is 11.9 Å². The lowest BCUT2D eigenvalue weighted by Gasteiger charge is -2.34. The molecule has 0 aliphatic heterocycles. The number of nitrogens with one attached hydrogen (secondary N) is 1. The first kappa shape index (κ1) is 19.8. The molecule has 1 fully saturated rings. The van der Waals surface area contributed by atoms with E-state index in [0.29, 0.717) is 23.1 Å². The van der Waals surface area contributed by atoms with Crippen molar-refractivity contribution in [1.29, 1.82) is 0 Å². The van der Waals surface area contributed by atoms with Gasteiger partial charge in [-0.2, -0.15) is 0 Å². The zero-order valence-corrected chi connectivity index (χ0v) is 15.2. The molecule has 0 unspecified atom stereocenters. The SMILES string of the molecule is C[C@H]1[C@H](C)CCC[C@@H]1NC(=O)COC(=O)c1ccc(OCC(N)=O)cc1. The molecule has 1 aromatic rings. The van der Waals surface area contributed by atoms with Crippen molar-refractivity contribution < 1.29 is 23.9 Å². The molecule has 2 amide bonds. The lowest BCUT2D eigenvalue weighted by molar-refractivity contribution is -0.125. The highest BCUT2D eigenvalue weighted by atomic mass is 16.5. The van der Waals surface area contributed by atoms with E-state index in [-0.39, 0.29) is 25.2 Å². The van der Waals surface area contributed by atoms with E-state index >= 15 is 0 Å². The van der Waals surface area contributed by atoms with E-state index in [4.69, 9.17) is 15.2 Å². The summed E-state index contributed by atoms with van der Waals surface area (Å²) in [7, 11) is 0. The summed E-state index contributed by atoms with van der Waals surface area (Å²) >= 11 is 0. The van der Waals surface area contributed by atoms with Gasteiger partial charge in [-0.15, -0.1) is 0 Å². The third-order valence-corrected chi connectivity index (χ3v) is 4.86. The first-order valence-electron chi connectivity index (χ1n) is 8.84. The van der Waals surface area contributed by atoms with E-state index in [2.05, 4.69) is 19.2 Å². The van der Waals surface area contributed by atoms with Crippen molar-refractivity contribution in [2.45, 2.75) is 39.2 Å². The second-order valence-electron chi connectivity index (χ2n) is 6.80. The zero-order valence-electron chi connectivity index (χ0n) is 15.2. The molecule has 3 atom stereocenters. The lowest BCUT2D eigenvalue weighted by Crippen LogP contribution is -2.45. The van der Waals surface area contributed by atoms with Gasteiger partial charge in [0.15, 0.2) is 13.2 Å². The number of ether oxygens (including phenoxy) is 2. The number of hydrogen-bond acceptors (Lipinski definition) is 5. The van der Waals surface area contributed by atoms with Gasteiger partial charge in [-0.3, -0.25) is 9.59 Å². The summed E-state index contributed by atoms with van der Waals surface area (Å²) in [5.74, 6) is -0.0553. The summed E-state index contributed by atoms with van der Waals surface area (Å²) in [6.45, 7) is 3.79. The van der Waals surface area contributed by atoms with E-state index in [1.807, 2.05) is 0 Å².